The first-order valence-corrected chi connectivity index (χ1v) is 8.69. The molecule has 25 heavy (non-hydrogen) atoms. The maximum absolute atomic E-state index is 12.0. The Bertz CT molecular complexity index is 809. The molecule has 2 fully saturated rings. The molecule has 0 aliphatic carbocycles. The van der Waals surface area contributed by atoms with Gasteiger partial charge in [-0.2, -0.15) is 0 Å². The molecular formula is C19H22N2O4. The molecule has 6 nitrogen and oxygen atoms in total. The Balaban J connectivity index is 1.79. The number of para-hydroxylation sites is 1. The highest BCUT2D eigenvalue weighted by Gasteiger charge is 2.40. The number of fused-ring (bicyclic) bond motifs is 1. The third-order valence-corrected chi connectivity index (χ3v) is 5.18. The fourth-order valence-electron chi connectivity index (χ4n) is 3.94. The van der Waals surface area contributed by atoms with Crippen LogP contribution >= 0.6 is 0 Å². The van der Waals surface area contributed by atoms with E-state index >= 15 is 0 Å². The molecular weight excluding hydrogens is 320 g/mol. The van der Waals surface area contributed by atoms with Gasteiger partial charge in [-0.05, 0) is 31.4 Å². The molecule has 1 spiro atoms. The van der Waals surface area contributed by atoms with Crippen LogP contribution in [0.2, 0.25) is 0 Å². The number of carboxylic acid groups (broad SMARTS) is 1. The summed E-state index contributed by atoms with van der Waals surface area (Å²) in [6.07, 6.45) is 1.89. The summed E-state index contributed by atoms with van der Waals surface area (Å²) in [6.45, 7) is 4.97. The van der Waals surface area contributed by atoms with Gasteiger partial charge in [0, 0.05) is 18.5 Å². The van der Waals surface area contributed by atoms with Gasteiger partial charge < -0.3 is 19.5 Å². The molecule has 0 amide bonds. The van der Waals surface area contributed by atoms with E-state index in [1.807, 2.05) is 31.2 Å². The van der Waals surface area contributed by atoms with E-state index in [4.69, 9.17) is 14.5 Å². The number of morpholine rings is 1. The Labute approximate surface area is 146 Å². The molecule has 0 saturated carbocycles. The van der Waals surface area contributed by atoms with Gasteiger partial charge in [0.2, 0.25) is 0 Å². The molecule has 2 aromatic rings. The number of rotatable bonds is 2. The number of benzene rings is 1. The highest BCUT2D eigenvalue weighted by atomic mass is 16.5. The number of carbonyl (C=O) groups is 1. The molecule has 2 aliphatic heterocycles. The second-order valence-corrected chi connectivity index (χ2v) is 6.87. The number of hydrogen-bond donors (Lipinski definition) is 1. The zero-order chi connectivity index (χ0) is 17.4. The summed E-state index contributed by atoms with van der Waals surface area (Å²) < 4.78 is 11.7. The average Bonchev–Trinajstić information content (AvgIpc) is 2.62. The smallest absolute Gasteiger partial charge is 0.339 e. The summed E-state index contributed by atoms with van der Waals surface area (Å²) in [4.78, 5) is 18.7. The molecule has 1 atom stereocenters. The quantitative estimate of drug-likeness (QED) is 0.905. The van der Waals surface area contributed by atoms with E-state index in [1.165, 1.54) is 0 Å². The van der Waals surface area contributed by atoms with Gasteiger partial charge in [-0.15, -0.1) is 0 Å². The monoisotopic (exact) mass is 342 g/mol. The van der Waals surface area contributed by atoms with Crippen molar-refractivity contribution >= 4 is 22.7 Å². The SMILES string of the molecule is Cc1c(C(=O)O)c(N2CCOC3(CCCOC3)C2)nc2ccccc12. The van der Waals surface area contributed by atoms with Gasteiger partial charge in [-0.3, -0.25) is 0 Å². The highest BCUT2D eigenvalue weighted by molar-refractivity contribution is 6.01. The van der Waals surface area contributed by atoms with Gasteiger partial charge in [-0.25, -0.2) is 9.78 Å². The number of anilines is 1. The van der Waals surface area contributed by atoms with Gasteiger partial charge in [0.15, 0.2) is 0 Å². The van der Waals surface area contributed by atoms with Crippen molar-refractivity contribution in [3.63, 3.8) is 0 Å². The van der Waals surface area contributed by atoms with E-state index in [-0.39, 0.29) is 11.2 Å². The normalized spacial score (nSPS) is 24.0. The minimum atomic E-state index is -0.939. The first kappa shape index (κ1) is 16.3. The van der Waals surface area contributed by atoms with Crippen molar-refractivity contribution in [3.8, 4) is 0 Å². The van der Waals surface area contributed by atoms with Crippen molar-refractivity contribution in [3.05, 3.63) is 35.4 Å². The lowest BCUT2D eigenvalue weighted by molar-refractivity contribution is -0.133. The number of aromatic carboxylic acids is 1. The van der Waals surface area contributed by atoms with Crippen molar-refractivity contribution in [2.75, 3.05) is 37.8 Å². The summed E-state index contributed by atoms with van der Waals surface area (Å²) >= 11 is 0. The third-order valence-electron chi connectivity index (χ3n) is 5.18. The van der Waals surface area contributed by atoms with Gasteiger partial charge in [0.25, 0.3) is 0 Å². The van der Waals surface area contributed by atoms with Crippen molar-refractivity contribution in [1.82, 2.24) is 4.98 Å². The maximum Gasteiger partial charge on any atom is 0.339 e. The van der Waals surface area contributed by atoms with Crippen LogP contribution in [0.15, 0.2) is 24.3 Å². The largest absolute Gasteiger partial charge is 0.478 e. The Morgan fingerprint density at radius 2 is 2.16 bits per heavy atom. The van der Waals surface area contributed by atoms with Crippen molar-refractivity contribution in [1.29, 1.82) is 0 Å². The molecule has 1 aromatic carbocycles. The molecule has 2 aliphatic rings. The Morgan fingerprint density at radius 1 is 1.32 bits per heavy atom. The van der Waals surface area contributed by atoms with E-state index in [9.17, 15) is 9.90 Å². The second-order valence-electron chi connectivity index (χ2n) is 6.87. The topological polar surface area (TPSA) is 71.9 Å². The zero-order valence-corrected chi connectivity index (χ0v) is 14.3. The molecule has 0 radical (unpaired) electrons. The molecule has 3 heterocycles. The molecule has 1 N–H and O–H groups in total. The Hall–Kier alpha value is -2.18. The molecule has 1 unspecified atom stereocenters. The molecule has 2 saturated heterocycles. The molecule has 1 aromatic heterocycles. The third kappa shape index (κ3) is 2.85. The molecule has 132 valence electrons. The number of ether oxygens (including phenoxy) is 2. The van der Waals surface area contributed by atoms with Gasteiger partial charge in [-0.1, -0.05) is 18.2 Å². The first-order chi connectivity index (χ1) is 12.1. The summed E-state index contributed by atoms with van der Waals surface area (Å²) in [5.41, 5.74) is 1.51. The fourth-order valence-corrected chi connectivity index (χ4v) is 3.94. The van der Waals surface area contributed by atoms with Crippen LogP contribution in [0.1, 0.15) is 28.8 Å². The Morgan fingerprint density at radius 3 is 2.92 bits per heavy atom. The zero-order valence-electron chi connectivity index (χ0n) is 14.3. The van der Waals surface area contributed by atoms with Gasteiger partial charge in [0.1, 0.15) is 17.0 Å². The van der Waals surface area contributed by atoms with Crippen LogP contribution in [-0.4, -0.2) is 54.6 Å². The summed E-state index contributed by atoms with van der Waals surface area (Å²) in [5.74, 6) is -0.400. The van der Waals surface area contributed by atoms with Crippen LogP contribution < -0.4 is 4.90 Å². The number of carboxylic acids is 1. The first-order valence-electron chi connectivity index (χ1n) is 8.69. The lowest BCUT2D eigenvalue weighted by Crippen LogP contribution is -2.56. The fraction of sp³-hybridized carbons (Fsp3) is 0.474. The predicted octanol–water partition coefficient (Wildman–Crippen LogP) is 2.63. The molecule has 4 rings (SSSR count). The number of aromatic nitrogens is 1. The van der Waals surface area contributed by atoms with Crippen molar-refractivity contribution in [2.24, 2.45) is 0 Å². The molecule has 0 bridgehead atoms. The standard InChI is InChI=1S/C19H22N2O4/c1-13-14-5-2-3-6-15(14)20-17(16(13)18(22)23)21-8-10-25-19(11-21)7-4-9-24-12-19/h2-3,5-6H,4,7-12H2,1H3,(H,22,23). The lowest BCUT2D eigenvalue weighted by atomic mass is 9.93. The second kappa shape index (κ2) is 6.28. The highest BCUT2D eigenvalue weighted by Crippen LogP contribution is 2.33. The minimum Gasteiger partial charge on any atom is -0.478 e. The van der Waals surface area contributed by atoms with Gasteiger partial charge in [0.05, 0.1) is 25.3 Å². The van der Waals surface area contributed by atoms with Crippen molar-refractivity contribution < 1.29 is 19.4 Å². The molecule has 6 heteroatoms. The number of nitrogens with zero attached hydrogens (tertiary/aromatic N) is 2. The number of hydrogen-bond acceptors (Lipinski definition) is 5. The van der Waals surface area contributed by atoms with Crippen molar-refractivity contribution in [2.45, 2.75) is 25.4 Å². The van der Waals surface area contributed by atoms with Crippen LogP contribution in [0.3, 0.4) is 0 Å². The number of aryl methyl sites for hydroxylation is 1. The van der Waals surface area contributed by atoms with E-state index < -0.39 is 5.97 Å². The summed E-state index contributed by atoms with van der Waals surface area (Å²) in [7, 11) is 0. The Kier molecular flexibility index (Phi) is 4.09. The van der Waals surface area contributed by atoms with Crippen LogP contribution in [0.4, 0.5) is 5.82 Å². The summed E-state index contributed by atoms with van der Waals surface area (Å²) in [5, 5.41) is 10.7. The minimum absolute atomic E-state index is 0.285. The van der Waals surface area contributed by atoms with E-state index in [0.29, 0.717) is 32.1 Å². The summed E-state index contributed by atoms with van der Waals surface area (Å²) in [6, 6.07) is 7.68. The van der Waals surface area contributed by atoms with Gasteiger partial charge >= 0.3 is 5.97 Å². The lowest BCUT2D eigenvalue weighted by Gasteiger charge is -2.45. The predicted molar refractivity (Wildman–Crippen MR) is 94.4 cm³/mol. The van der Waals surface area contributed by atoms with E-state index in [2.05, 4.69) is 4.90 Å². The number of pyridine rings is 1. The average molecular weight is 342 g/mol. The van der Waals surface area contributed by atoms with Crippen LogP contribution in [0.25, 0.3) is 10.9 Å². The van der Waals surface area contributed by atoms with Crippen LogP contribution in [0, 0.1) is 6.92 Å². The van der Waals surface area contributed by atoms with E-state index in [0.717, 1.165) is 35.9 Å². The van der Waals surface area contributed by atoms with Crippen LogP contribution in [0.5, 0.6) is 0 Å². The van der Waals surface area contributed by atoms with E-state index in [1.54, 1.807) is 0 Å². The van der Waals surface area contributed by atoms with Crippen LogP contribution in [-0.2, 0) is 9.47 Å². The maximum atomic E-state index is 12.0.